The highest BCUT2D eigenvalue weighted by atomic mass is 35.5. The van der Waals surface area contributed by atoms with Crippen LogP contribution in [0.3, 0.4) is 0 Å². The third-order valence-electron chi connectivity index (χ3n) is 3.41. The molecule has 2 aromatic rings. The molecule has 0 radical (unpaired) electrons. The maximum absolute atomic E-state index is 12.7. The molecule has 1 N–H and O–H groups in total. The summed E-state index contributed by atoms with van der Waals surface area (Å²) in [5, 5.41) is 7.31. The van der Waals surface area contributed by atoms with Crippen LogP contribution in [-0.2, 0) is 17.9 Å². The van der Waals surface area contributed by atoms with Crippen molar-refractivity contribution in [3.63, 3.8) is 0 Å². The molecule has 23 heavy (non-hydrogen) atoms. The summed E-state index contributed by atoms with van der Waals surface area (Å²) in [5.74, 6) is 0.110. The van der Waals surface area contributed by atoms with E-state index in [4.69, 9.17) is 0 Å². The Bertz CT molecular complexity index is 620. The zero-order valence-corrected chi connectivity index (χ0v) is 14.9. The Labute approximate surface area is 152 Å². The zero-order chi connectivity index (χ0) is 14.5. The molecule has 4 nitrogen and oxygen atoms in total. The molecular formula is C16H19Cl2N3OS. The summed E-state index contributed by atoms with van der Waals surface area (Å²) in [6.45, 7) is 1.97. The van der Waals surface area contributed by atoms with Crippen molar-refractivity contribution in [2.75, 3.05) is 6.54 Å². The van der Waals surface area contributed by atoms with E-state index in [0.717, 1.165) is 12.1 Å². The van der Waals surface area contributed by atoms with Crippen LogP contribution in [0, 0.1) is 0 Å². The second-order valence-corrected chi connectivity index (χ2v) is 5.78. The molecule has 2 aromatic heterocycles. The van der Waals surface area contributed by atoms with Crippen LogP contribution in [0.4, 0.5) is 0 Å². The fraction of sp³-hybridized carbons (Fsp3) is 0.250. The molecule has 0 bridgehead atoms. The Hall–Kier alpha value is -1.40. The number of hydrogen-bond acceptors (Lipinski definition) is 4. The maximum atomic E-state index is 12.7. The molecule has 0 saturated carbocycles. The average molecular weight is 372 g/mol. The zero-order valence-electron chi connectivity index (χ0n) is 12.4. The van der Waals surface area contributed by atoms with Gasteiger partial charge in [-0.15, -0.1) is 24.8 Å². The van der Waals surface area contributed by atoms with Gasteiger partial charge < -0.3 is 4.90 Å². The van der Waals surface area contributed by atoms with E-state index in [2.05, 4.69) is 21.7 Å². The predicted molar refractivity (Wildman–Crippen MR) is 98.2 cm³/mol. The van der Waals surface area contributed by atoms with E-state index in [1.54, 1.807) is 17.5 Å². The van der Waals surface area contributed by atoms with Crippen molar-refractivity contribution in [1.82, 2.24) is 15.2 Å². The van der Waals surface area contributed by atoms with Crippen molar-refractivity contribution in [3.05, 3.63) is 64.6 Å². The Morgan fingerprint density at radius 1 is 1.30 bits per heavy atom. The predicted octanol–water partition coefficient (Wildman–Crippen LogP) is 3.04. The van der Waals surface area contributed by atoms with Crippen molar-refractivity contribution >= 4 is 42.1 Å². The minimum atomic E-state index is -0.208. The summed E-state index contributed by atoms with van der Waals surface area (Å²) >= 11 is 1.65. The van der Waals surface area contributed by atoms with Gasteiger partial charge >= 0.3 is 0 Å². The van der Waals surface area contributed by atoms with E-state index in [0.29, 0.717) is 13.1 Å². The first kappa shape index (κ1) is 19.6. The normalized spacial score (nSPS) is 15.6. The molecule has 1 aliphatic heterocycles. The molecule has 3 rings (SSSR count). The lowest BCUT2D eigenvalue weighted by Gasteiger charge is -2.25. The second-order valence-electron chi connectivity index (χ2n) is 5.00. The van der Waals surface area contributed by atoms with Crippen molar-refractivity contribution in [2.24, 2.45) is 0 Å². The Kier molecular flexibility index (Phi) is 8.26. The van der Waals surface area contributed by atoms with Gasteiger partial charge in [-0.1, -0.05) is 18.2 Å². The van der Waals surface area contributed by atoms with Crippen LogP contribution in [-0.4, -0.2) is 28.4 Å². The smallest absolute Gasteiger partial charge is 0.244 e. The van der Waals surface area contributed by atoms with Gasteiger partial charge in [0.2, 0.25) is 5.91 Å². The third kappa shape index (κ3) is 5.32. The number of carbonyl (C=O) groups excluding carboxylic acids is 1. The summed E-state index contributed by atoms with van der Waals surface area (Å²) in [5.41, 5.74) is 2.21. The largest absolute Gasteiger partial charge is 0.332 e. The van der Waals surface area contributed by atoms with Crippen molar-refractivity contribution in [3.8, 4) is 0 Å². The Balaban J connectivity index is 0.00000132. The number of nitrogens with one attached hydrogen (secondary N) is 1. The highest BCUT2D eigenvalue weighted by molar-refractivity contribution is 7.07. The summed E-state index contributed by atoms with van der Waals surface area (Å²) in [6, 6.07) is 5.75. The number of thiophene rings is 1. The average Bonchev–Trinajstić information content (AvgIpc) is 3.20. The number of aromatic nitrogens is 1. The standard InChI is InChI=1S/C16H17N3OS.2ClH/c20-16(15-4-2-7-18-15)19(11-14-5-8-21-12-14)10-13-3-1-6-17-9-13;;/h1-6,8-9,12,15,18H,7,10-11H2;2*1H. The van der Waals surface area contributed by atoms with Gasteiger partial charge in [0.25, 0.3) is 0 Å². The third-order valence-corrected chi connectivity index (χ3v) is 4.14. The van der Waals surface area contributed by atoms with Crippen molar-refractivity contribution in [1.29, 1.82) is 0 Å². The van der Waals surface area contributed by atoms with Gasteiger partial charge in [0, 0.05) is 32.0 Å². The van der Waals surface area contributed by atoms with Crippen LogP contribution in [0.15, 0.2) is 53.5 Å². The molecule has 0 aliphatic carbocycles. The quantitative estimate of drug-likeness (QED) is 0.821. The van der Waals surface area contributed by atoms with E-state index in [1.165, 1.54) is 5.56 Å². The minimum Gasteiger partial charge on any atom is -0.332 e. The molecule has 1 aliphatic rings. The van der Waals surface area contributed by atoms with Gasteiger partial charge in [-0.05, 0) is 34.0 Å². The first-order valence-electron chi connectivity index (χ1n) is 6.92. The van der Waals surface area contributed by atoms with E-state index in [9.17, 15) is 4.79 Å². The monoisotopic (exact) mass is 371 g/mol. The topological polar surface area (TPSA) is 45.2 Å². The number of rotatable bonds is 5. The van der Waals surface area contributed by atoms with Crippen LogP contribution in [0.25, 0.3) is 0 Å². The SMILES string of the molecule is Cl.Cl.O=C(C1C=CCN1)N(Cc1cccnc1)Cc1ccsc1. The molecule has 0 fully saturated rings. The van der Waals surface area contributed by atoms with Crippen LogP contribution in [0.2, 0.25) is 0 Å². The van der Waals surface area contributed by atoms with Gasteiger partial charge in [-0.2, -0.15) is 11.3 Å². The van der Waals surface area contributed by atoms with Crippen molar-refractivity contribution < 1.29 is 4.79 Å². The van der Waals surface area contributed by atoms with Gasteiger partial charge in [-0.25, -0.2) is 0 Å². The van der Waals surface area contributed by atoms with Crippen LogP contribution < -0.4 is 5.32 Å². The number of hydrogen-bond donors (Lipinski definition) is 1. The van der Waals surface area contributed by atoms with Gasteiger partial charge in [0.15, 0.2) is 0 Å². The van der Waals surface area contributed by atoms with E-state index >= 15 is 0 Å². The number of halogens is 2. The Morgan fingerprint density at radius 2 is 2.13 bits per heavy atom. The summed E-state index contributed by atoms with van der Waals surface area (Å²) in [4.78, 5) is 18.7. The number of carbonyl (C=O) groups is 1. The van der Waals surface area contributed by atoms with Gasteiger partial charge in [0.1, 0.15) is 6.04 Å². The minimum absolute atomic E-state index is 0. The van der Waals surface area contributed by atoms with E-state index in [-0.39, 0.29) is 36.8 Å². The first-order valence-corrected chi connectivity index (χ1v) is 7.86. The maximum Gasteiger partial charge on any atom is 0.244 e. The lowest BCUT2D eigenvalue weighted by Crippen LogP contribution is -2.42. The molecule has 0 saturated heterocycles. The molecule has 1 atom stereocenters. The van der Waals surface area contributed by atoms with Gasteiger partial charge in [0.05, 0.1) is 0 Å². The molecule has 1 unspecified atom stereocenters. The van der Waals surface area contributed by atoms with Gasteiger partial charge in [-0.3, -0.25) is 15.1 Å². The Morgan fingerprint density at radius 3 is 2.74 bits per heavy atom. The van der Waals surface area contributed by atoms with E-state index < -0.39 is 0 Å². The molecule has 0 spiro atoms. The highest BCUT2D eigenvalue weighted by Crippen LogP contribution is 2.14. The first-order chi connectivity index (χ1) is 10.3. The summed E-state index contributed by atoms with van der Waals surface area (Å²) in [7, 11) is 0. The van der Waals surface area contributed by atoms with Crippen LogP contribution in [0.1, 0.15) is 11.1 Å². The lowest BCUT2D eigenvalue weighted by atomic mass is 10.2. The molecule has 0 aromatic carbocycles. The van der Waals surface area contributed by atoms with Crippen LogP contribution >= 0.6 is 36.2 Å². The lowest BCUT2D eigenvalue weighted by molar-refractivity contribution is -0.133. The number of amides is 1. The molecular weight excluding hydrogens is 353 g/mol. The van der Waals surface area contributed by atoms with E-state index in [1.807, 2.05) is 40.8 Å². The molecule has 3 heterocycles. The summed E-state index contributed by atoms with van der Waals surface area (Å²) < 4.78 is 0. The molecule has 1 amide bonds. The highest BCUT2D eigenvalue weighted by Gasteiger charge is 2.24. The number of pyridine rings is 1. The van der Waals surface area contributed by atoms with Crippen molar-refractivity contribution in [2.45, 2.75) is 19.1 Å². The molecule has 7 heteroatoms. The molecule has 124 valence electrons. The second kappa shape index (κ2) is 9.67. The fourth-order valence-corrected chi connectivity index (χ4v) is 3.02. The van der Waals surface area contributed by atoms with Crippen LogP contribution in [0.5, 0.6) is 0 Å². The summed E-state index contributed by atoms with van der Waals surface area (Å²) in [6.07, 6.45) is 7.49. The number of nitrogens with zero attached hydrogens (tertiary/aromatic N) is 2. The fourth-order valence-electron chi connectivity index (χ4n) is 2.36.